The fraction of sp³-hybridized carbons (Fsp3) is 0.0943. The third-order valence-corrected chi connectivity index (χ3v) is 10.9. The van der Waals surface area contributed by atoms with Crippen LogP contribution in [0.4, 0.5) is 17.1 Å². The number of benzene rings is 7. The molecule has 1 aliphatic heterocycles. The van der Waals surface area contributed by atoms with Crippen molar-refractivity contribution in [2.24, 2.45) is 0 Å². The molecule has 7 aromatic carbocycles. The SMILES string of the molecule is CC(C)(C)c1ccc(-n2c3[c-]c(Oc4[c-]c(N5[CH-]N(Cc6ccccc6)c6ccccc65)cc(-c5ccccc5)c4)ccc3c3cc(-c4ccccc4)ccc32)nc1.[Pt]. The van der Waals surface area contributed by atoms with Gasteiger partial charge in [-0.05, 0) is 62.9 Å². The zero-order chi connectivity index (χ0) is 39.2. The van der Waals surface area contributed by atoms with E-state index < -0.39 is 0 Å². The third kappa shape index (κ3) is 7.44. The van der Waals surface area contributed by atoms with Gasteiger partial charge in [-0.3, -0.25) is 0 Å². The van der Waals surface area contributed by atoms with Gasteiger partial charge in [0.15, 0.2) is 0 Å². The number of fused-ring (bicyclic) bond motifs is 4. The molecule has 0 saturated carbocycles. The summed E-state index contributed by atoms with van der Waals surface area (Å²) < 4.78 is 9.00. The molecule has 0 radical (unpaired) electrons. The van der Waals surface area contributed by atoms with Crippen molar-refractivity contribution < 1.29 is 25.8 Å². The molecule has 0 amide bonds. The normalized spacial score (nSPS) is 12.5. The number of nitrogens with zero attached hydrogens (tertiary/aromatic N) is 4. The van der Waals surface area contributed by atoms with Crippen LogP contribution in [0.1, 0.15) is 31.9 Å². The molecule has 9 aromatic rings. The number of pyridine rings is 1. The van der Waals surface area contributed by atoms with Crippen LogP contribution < -0.4 is 14.5 Å². The van der Waals surface area contributed by atoms with E-state index in [-0.39, 0.29) is 26.5 Å². The molecule has 5 nitrogen and oxygen atoms in total. The van der Waals surface area contributed by atoms with E-state index in [0.29, 0.717) is 11.5 Å². The molecule has 1 aliphatic rings. The van der Waals surface area contributed by atoms with Crippen molar-refractivity contribution in [3.05, 3.63) is 206 Å². The summed E-state index contributed by atoms with van der Waals surface area (Å²) in [5.74, 6) is 2.02. The van der Waals surface area contributed by atoms with Crippen LogP contribution in [0.15, 0.2) is 176 Å². The molecule has 292 valence electrons. The zero-order valence-corrected chi connectivity index (χ0v) is 35.3. The van der Waals surface area contributed by atoms with E-state index in [9.17, 15) is 0 Å². The first-order chi connectivity index (χ1) is 28.4. The second-order valence-electron chi connectivity index (χ2n) is 15.8. The van der Waals surface area contributed by atoms with Gasteiger partial charge >= 0.3 is 0 Å². The molecule has 0 bridgehead atoms. The Balaban J connectivity index is 0.00000449. The van der Waals surface area contributed by atoms with E-state index in [2.05, 4.69) is 212 Å². The summed E-state index contributed by atoms with van der Waals surface area (Å²) in [5.41, 5.74) is 11.9. The van der Waals surface area contributed by atoms with Gasteiger partial charge in [0.05, 0.1) is 0 Å². The molecule has 0 fully saturated rings. The molecule has 0 unspecified atom stereocenters. The molecule has 10 rings (SSSR count). The van der Waals surface area contributed by atoms with Gasteiger partial charge in [-0.1, -0.05) is 148 Å². The standard InChI is InChI=1S/C53H41N4O.Pt/c1-53(2,3)42-24-28-52(54-34-42)57-48-27-23-40(38-17-9-5-10-18-38)31-47(48)46-26-25-44(33-51(46)57)58-45-30-41(39-19-11-6-12-20-39)29-43(32-45)56-36-55(35-37-15-7-4-8-16-37)49-21-13-14-22-50(49)56;/h4-31,34,36H,35H2,1-3H3;/q-3;. The number of ether oxygens (including phenoxy) is 1. The number of anilines is 3. The molecule has 59 heavy (non-hydrogen) atoms. The number of rotatable bonds is 8. The van der Waals surface area contributed by atoms with E-state index in [4.69, 9.17) is 9.72 Å². The van der Waals surface area contributed by atoms with Crippen molar-refractivity contribution in [1.29, 1.82) is 0 Å². The maximum absolute atomic E-state index is 6.80. The van der Waals surface area contributed by atoms with Crippen molar-refractivity contribution >= 4 is 38.9 Å². The Morgan fingerprint density at radius 1 is 0.593 bits per heavy atom. The molecule has 0 aliphatic carbocycles. The van der Waals surface area contributed by atoms with Gasteiger partial charge in [0.2, 0.25) is 0 Å². The first-order valence-electron chi connectivity index (χ1n) is 19.7. The minimum Gasteiger partial charge on any atom is -0.509 e. The van der Waals surface area contributed by atoms with E-state index in [1.807, 2.05) is 18.3 Å². The van der Waals surface area contributed by atoms with Crippen molar-refractivity contribution in [2.75, 3.05) is 9.80 Å². The average Bonchev–Trinajstić information content (AvgIpc) is 3.79. The summed E-state index contributed by atoms with van der Waals surface area (Å²) in [6, 6.07) is 66.7. The van der Waals surface area contributed by atoms with E-state index in [1.54, 1.807) is 0 Å². The maximum Gasteiger partial charge on any atom is 0.135 e. The Bertz CT molecular complexity index is 2900. The first-order valence-corrected chi connectivity index (χ1v) is 19.7. The summed E-state index contributed by atoms with van der Waals surface area (Å²) in [6.07, 6.45) is 1.99. The molecular formula is C53H41N4OPt-3. The van der Waals surface area contributed by atoms with Gasteiger partial charge in [0.25, 0.3) is 0 Å². The number of aromatic nitrogens is 2. The van der Waals surface area contributed by atoms with Crippen LogP contribution in [-0.2, 0) is 33.0 Å². The van der Waals surface area contributed by atoms with Crippen LogP contribution in [0.5, 0.6) is 11.5 Å². The van der Waals surface area contributed by atoms with Gasteiger partial charge in [-0.25, -0.2) is 4.98 Å². The molecule has 0 spiro atoms. The molecular weight excluding hydrogens is 904 g/mol. The predicted octanol–water partition coefficient (Wildman–Crippen LogP) is 13.5. The monoisotopic (exact) mass is 944 g/mol. The summed E-state index contributed by atoms with van der Waals surface area (Å²) in [5, 5.41) is 2.20. The predicted molar refractivity (Wildman–Crippen MR) is 238 cm³/mol. The molecule has 0 N–H and O–H groups in total. The smallest absolute Gasteiger partial charge is 0.135 e. The number of hydrogen-bond donors (Lipinski definition) is 0. The third-order valence-electron chi connectivity index (χ3n) is 10.9. The van der Waals surface area contributed by atoms with Crippen LogP contribution >= 0.6 is 0 Å². The van der Waals surface area contributed by atoms with Crippen LogP contribution in [0.2, 0.25) is 0 Å². The van der Waals surface area contributed by atoms with Gasteiger partial charge in [-0.2, -0.15) is 12.7 Å². The van der Waals surface area contributed by atoms with Crippen LogP contribution in [0.3, 0.4) is 0 Å². The van der Waals surface area contributed by atoms with Crippen LogP contribution in [-0.4, -0.2) is 9.55 Å². The van der Waals surface area contributed by atoms with Gasteiger partial charge in [0.1, 0.15) is 5.82 Å². The van der Waals surface area contributed by atoms with Crippen molar-refractivity contribution in [1.82, 2.24) is 9.55 Å². The molecule has 0 atom stereocenters. The Morgan fingerprint density at radius 3 is 1.97 bits per heavy atom. The first kappa shape index (κ1) is 38.1. The van der Waals surface area contributed by atoms with Gasteiger partial charge in [-0.15, -0.1) is 47.0 Å². The second-order valence-corrected chi connectivity index (χ2v) is 15.8. The Morgan fingerprint density at radius 2 is 1.27 bits per heavy atom. The van der Waals surface area contributed by atoms with E-state index in [0.717, 1.165) is 67.9 Å². The van der Waals surface area contributed by atoms with Crippen LogP contribution in [0.25, 0.3) is 49.9 Å². The number of hydrogen-bond acceptors (Lipinski definition) is 4. The quantitative estimate of drug-likeness (QED) is 0.142. The average molecular weight is 945 g/mol. The molecule has 3 heterocycles. The van der Waals surface area contributed by atoms with Crippen molar-refractivity contribution in [2.45, 2.75) is 32.7 Å². The fourth-order valence-corrected chi connectivity index (χ4v) is 7.90. The summed E-state index contributed by atoms with van der Waals surface area (Å²) >= 11 is 0. The Kier molecular flexibility index (Phi) is 10.2. The van der Waals surface area contributed by atoms with Crippen LogP contribution in [0, 0.1) is 18.8 Å². The topological polar surface area (TPSA) is 33.5 Å². The minimum atomic E-state index is -0.0111. The van der Waals surface area contributed by atoms with Crippen molar-refractivity contribution in [3.63, 3.8) is 0 Å². The fourth-order valence-electron chi connectivity index (χ4n) is 7.90. The summed E-state index contributed by atoms with van der Waals surface area (Å²) in [4.78, 5) is 9.52. The Hall–Kier alpha value is -6.42. The summed E-state index contributed by atoms with van der Waals surface area (Å²) in [6.45, 7) is 9.55. The number of para-hydroxylation sites is 2. The Labute approximate surface area is 360 Å². The maximum atomic E-state index is 6.80. The largest absolute Gasteiger partial charge is 0.509 e. The van der Waals surface area contributed by atoms with Gasteiger partial charge < -0.3 is 19.1 Å². The minimum absolute atomic E-state index is 0. The zero-order valence-electron chi connectivity index (χ0n) is 33.0. The summed E-state index contributed by atoms with van der Waals surface area (Å²) in [7, 11) is 0. The van der Waals surface area contributed by atoms with Gasteiger partial charge in [0, 0.05) is 62.2 Å². The second kappa shape index (κ2) is 15.7. The van der Waals surface area contributed by atoms with E-state index >= 15 is 0 Å². The molecule has 6 heteroatoms. The van der Waals surface area contributed by atoms with Crippen molar-refractivity contribution in [3.8, 4) is 39.6 Å². The molecule has 2 aromatic heterocycles. The molecule has 0 saturated heterocycles. The van der Waals surface area contributed by atoms with E-state index in [1.165, 1.54) is 16.7 Å².